The highest BCUT2D eigenvalue weighted by molar-refractivity contribution is 6.30. The lowest BCUT2D eigenvalue weighted by molar-refractivity contribution is -0.125. The second-order valence-electron chi connectivity index (χ2n) is 6.79. The number of hydrogen-bond acceptors (Lipinski definition) is 7. The Labute approximate surface area is 182 Å². The van der Waals surface area contributed by atoms with Crippen molar-refractivity contribution in [2.75, 3.05) is 48.5 Å². The fourth-order valence-electron chi connectivity index (χ4n) is 3.30. The van der Waals surface area contributed by atoms with E-state index in [1.54, 1.807) is 35.2 Å². The Kier molecular flexibility index (Phi) is 5.92. The highest BCUT2D eigenvalue weighted by atomic mass is 35.5. The largest absolute Gasteiger partial charge is 0.494 e. The van der Waals surface area contributed by atoms with Crippen LogP contribution < -0.4 is 19.9 Å². The Hall–Kier alpha value is -3.37. The molecule has 2 saturated heterocycles. The van der Waals surface area contributed by atoms with Crippen molar-refractivity contribution in [1.29, 1.82) is 0 Å². The molecule has 4 rings (SSSR count). The fraction of sp³-hybridized carbons (Fsp3) is 0.300. The van der Waals surface area contributed by atoms with Crippen LogP contribution in [0.5, 0.6) is 5.75 Å². The zero-order valence-corrected chi connectivity index (χ0v) is 17.3. The second-order valence-corrected chi connectivity index (χ2v) is 7.22. The molecule has 0 spiro atoms. The molecule has 2 aliphatic heterocycles. The third kappa shape index (κ3) is 4.39. The maximum atomic E-state index is 12.5. The van der Waals surface area contributed by atoms with Gasteiger partial charge in [-0.3, -0.25) is 14.5 Å². The monoisotopic (exact) mass is 446 g/mol. The Balaban J connectivity index is 1.50. The number of ether oxygens (including phenoxy) is 3. The lowest BCUT2D eigenvalue weighted by Gasteiger charge is -2.28. The molecule has 3 amide bonds. The van der Waals surface area contributed by atoms with Gasteiger partial charge in [0.15, 0.2) is 6.10 Å². The van der Waals surface area contributed by atoms with Gasteiger partial charge in [0.05, 0.1) is 31.0 Å². The van der Waals surface area contributed by atoms with Gasteiger partial charge in [0, 0.05) is 24.5 Å². The number of hydrogen-bond donors (Lipinski definition) is 1. The number of nitrogens with one attached hydrogen (secondary N) is 1. The van der Waals surface area contributed by atoms with E-state index >= 15 is 0 Å². The molecule has 2 aliphatic rings. The molecule has 2 aromatic rings. The van der Waals surface area contributed by atoms with Crippen molar-refractivity contribution >= 4 is 46.7 Å². The molecule has 10 nitrogen and oxygen atoms in total. The molecule has 1 aromatic carbocycles. The van der Waals surface area contributed by atoms with E-state index in [9.17, 15) is 14.4 Å². The quantitative estimate of drug-likeness (QED) is 0.748. The summed E-state index contributed by atoms with van der Waals surface area (Å²) in [5.74, 6) is -0.00969. The van der Waals surface area contributed by atoms with Crippen molar-refractivity contribution in [3.63, 3.8) is 0 Å². The van der Waals surface area contributed by atoms with E-state index < -0.39 is 18.1 Å². The predicted octanol–water partition coefficient (Wildman–Crippen LogP) is 2.07. The van der Waals surface area contributed by atoms with Crippen molar-refractivity contribution in [3.05, 3.63) is 41.6 Å². The van der Waals surface area contributed by atoms with Gasteiger partial charge in [0.25, 0.3) is 11.8 Å². The van der Waals surface area contributed by atoms with Crippen LogP contribution in [0.3, 0.4) is 0 Å². The summed E-state index contributed by atoms with van der Waals surface area (Å²) in [4.78, 5) is 43.9. The molecule has 1 N–H and O–H groups in total. The van der Waals surface area contributed by atoms with Crippen LogP contribution in [0.25, 0.3) is 0 Å². The zero-order chi connectivity index (χ0) is 22.0. The standard InChI is InChI=1S/C20H19ClN4O6/c1-29-15-8-13(24-6-7-30-11-18(24)26)3-4-14(15)25-10-16(31-20(25)28)19(27)23-17-5-2-12(21)9-22-17/h2-5,8-9,16H,6-7,10-11H2,1H3,(H,22,23,27). The highest BCUT2D eigenvalue weighted by Crippen LogP contribution is 2.35. The molecule has 1 unspecified atom stereocenters. The maximum Gasteiger partial charge on any atom is 0.415 e. The molecule has 1 atom stereocenters. The number of nitrogens with zero attached hydrogens (tertiary/aromatic N) is 3. The van der Waals surface area contributed by atoms with Gasteiger partial charge >= 0.3 is 6.09 Å². The minimum absolute atomic E-state index is 0.00948. The molecule has 162 valence electrons. The van der Waals surface area contributed by atoms with Gasteiger partial charge in [0.1, 0.15) is 18.2 Å². The van der Waals surface area contributed by atoms with Crippen LogP contribution in [-0.4, -0.2) is 62.4 Å². The van der Waals surface area contributed by atoms with Gasteiger partial charge in [-0.2, -0.15) is 0 Å². The second kappa shape index (κ2) is 8.78. The highest BCUT2D eigenvalue weighted by Gasteiger charge is 2.38. The molecule has 1 aromatic heterocycles. The van der Waals surface area contributed by atoms with Gasteiger partial charge in [-0.15, -0.1) is 0 Å². The summed E-state index contributed by atoms with van der Waals surface area (Å²) in [6.07, 6.45) is -0.316. The van der Waals surface area contributed by atoms with Crippen molar-refractivity contribution in [2.24, 2.45) is 0 Å². The zero-order valence-electron chi connectivity index (χ0n) is 16.5. The van der Waals surface area contributed by atoms with E-state index in [0.717, 1.165) is 0 Å². The van der Waals surface area contributed by atoms with Crippen molar-refractivity contribution in [2.45, 2.75) is 6.10 Å². The molecule has 0 bridgehead atoms. The Bertz CT molecular complexity index is 1020. The van der Waals surface area contributed by atoms with E-state index in [1.165, 1.54) is 18.2 Å². The summed E-state index contributed by atoms with van der Waals surface area (Å²) >= 11 is 5.79. The molecule has 0 radical (unpaired) electrons. The summed E-state index contributed by atoms with van der Waals surface area (Å²) in [6, 6.07) is 8.15. The molecule has 3 heterocycles. The molecule has 0 aliphatic carbocycles. The van der Waals surface area contributed by atoms with Crippen molar-refractivity contribution in [3.8, 4) is 5.75 Å². The Morgan fingerprint density at radius 3 is 2.81 bits per heavy atom. The minimum Gasteiger partial charge on any atom is -0.494 e. The van der Waals surface area contributed by atoms with E-state index in [-0.39, 0.29) is 19.1 Å². The average Bonchev–Trinajstić information content (AvgIpc) is 3.17. The third-order valence-corrected chi connectivity index (χ3v) is 5.06. The molecular formula is C20H19ClN4O6. The van der Waals surface area contributed by atoms with Crippen molar-refractivity contribution in [1.82, 2.24) is 4.98 Å². The van der Waals surface area contributed by atoms with Gasteiger partial charge in [-0.05, 0) is 24.3 Å². The summed E-state index contributed by atoms with van der Waals surface area (Å²) in [5.41, 5.74) is 1.06. The first kappa shape index (κ1) is 20.9. The number of halogens is 1. The van der Waals surface area contributed by atoms with Crippen LogP contribution in [0, 0.1) is 0 Å². The smallest absolute Gasteiger partial charge is 0.415 e. The van der Waals surface area contributed by atoms with Gasteiger partial charge in [0.2, 0.25) is 0 Å². The number of aromatic nitrogens is 1. The van der Waals surface area contributed by atoms with Crippen LogP contribution in [0.15, 0.2) is 36.5 Å². The van der Waals surface area contributed by atoms with Gasteiger partial charge in [-0.25, -0.2) is 9.78 Å². The van der Waals surface area contributed by atoms with E-state index in [0.29, 0.717) is 41.1 Å². The lowest BCUT2D eigenvalue weighted by atomic mass is 10.2. The summed E-state index contributed by atoms with van der Waals surface area (Å²) < 4.78 is 15.8. The van der Waals surface area contributed by atoms with E-state index in [2.05, 4.69) is 10.3 Å². The Morgan fingerprint density at radius 1 is 1.26 bits per heavy atom. The van der Waals surface area contributed by atoms with Crippen LogP contribution in [-0.2, 0) is 19.1 Å². The lowest BCUT2D eigenvalue weighted by Crippen LogP contribution is -2.41. The van der Waals surface area contributed by atoms with E-state index in [1.807, 2.05) is 0 Å². The maximum absolute atomic E-state index is 12.5. The van der Waals surface area contributed by atoms with E-state index in [4.69, 9.17) is 25.8 Å². The average molecular weight is 447 g/mol. The number of amides is 3. The summed E-state index contributed by atoms with van der Waals surface area (Å²) in [7, 11) is 1.46. The first-order chi connectivity index (χ1) is 15.0. The normalized spacial score (nSPS) is 18.7. The minimum atomic E-state index is -1.03. The van der Waals surface area contributed by atoms with Gasteiger partial charge < -0.3 is 24.4 Å². The number of carbonyl (C=O) groups is 3. The SMILES string of the molecule is COc1cc(N2CCOCC2=O)ccc1N1CC(C(=O)Nc2ccc(Cl)cn2)OC1=O. The number of carbonyl (C=O) groups excluding carboxylic acids is 3. The first-order valence-electron chi connectivity index (χ1n) is 9.43. The number of rotatable bonds is 5. The molecule has 0 saturated carbocycles. The first-order valence-corrected chi connectivity index (χ1v) is 9.81. The van der Waals surface area contributed by atoms with Crippen LogP contribution >= 0.6 is 11.6 Å². The van der Waals surface area contributed by atoms with Crippen LogP contribution in [0.1, 0.15) is 0 Å². The number of anilines is 3. The number of morpholine rings is 1. The molecular weight excluding hydrogens is 428 g/mol. The third-order valence-electron chi connectivity index (χ3n) is 4.83. The number of benzene rings is 1. The number of methoxy groups -OCH3 is 1. The summed E-state index contributed by atoms with van der Waals surface area (Å²) in [6.45, 7) is 0.869. The molecule has 31 heavy (non-hydrogen) atoms. The summed E-state index contributed by atoms with van der Waals surface area (Å²) in [5, 5.41) is 3.03. The topological polar surface area (TPSA) is 110 Å². The van der Waals surface area contributed by atoms with Crippen LogP contribution in [0.2, 0.25) is 5.02 Å². The van der Waals surface area contributed by atoms with Crippen molar-refractivity contribution < 1.29 is 28.6 Å². The Morgan fingerprint density at radius 2 is 2.10 bits per heavy atom. The van der Waals surface area contributed by atoms with Gasteiger partial charge in [-0.1, -0.05) is 11.6 Å². The molecule has 11 heteroatoms. The molecule has 2 fully saturated rings. The fourth-order valence-corrected chi connectivity index (χ4v) is 3.41. The van der Waals surface area contributed by atoms with Crippen LogP contribution in [0.4, 0.5) is 22.0 Å². The number of cyclic esters (lactones) is 1. The predicted molar refractivity (Wildman–Crippen MR) is 112 cm³/mol. The number of pyridine rings is 1.